The van der Waals surface area contributed by atoms with Gasteiger partial charge in [0.25, 0.3) is 5.91 Å². The van der Waals surface area contributed by atoms with E-state index in [2.05, 4.69) is 31.0 Å². The van der Waals surface area contributed by atoms with Gasteiger partial charge >= 0.3 is 0 Å². The Bertz CT molecular complexity index is 990. The van der Waals surface area contributed by atoms with Gasteiger partial charge in [0.15, 0.2) is 12.3 Å². The van der Waals surface area contributed by atoms with Crippen molar-refractivity contribution in [3.05, 3.63) is 52.9 Å². The number of anilines is 1. The van der Waals surface area contributed by atoms with Crippen LogP contribution in [0.1, 0.15) is 52.2 Å². The molecule has 0 unspecified atom stereocenters. The first-order valence-electron chi connectivity index (χ1n) is 9.40. The highest BCUT2D eigenvalue weighted by Crippen LogP contribution is 2.38. The van der Waals surface area contributed by atoms with Crippen LogP contribution >= 0.6 is 0 Å². The zero-order valence-corrected chi connectivity index (χ0v) is 15.2. The molecule has 1 fully saturated rings. The first-order valence-corrected chi connectivity index (χ1v) is 9.40. The third-order valence-electron chi connectivity index (χ3n) is 4.91. The number of carbonyl (C=O) groups is 1. The molecule has 0 saturated heterocycles. The van der Waals surface area contributed by atoms with Crippen LogP contribution in [0.5, 0.6) is 5.75 Å². The highest BCUT2D eigenvalue weighted by atomic mass is 16.5. The summed E-state index contributed by atoms with van der Waals surface area (Å²) in [6.45, 7) is 1.79. The van der Waals surface area contributed by atoms with Crippen LogP contribution in [0.2, 0.25) is 0 Å². The summed E-state index contributed by atoms with van der Waals surface area (Å²) in [5.74, 6) is 2.11. The van der Waals surface area contributed by atoms with Crippen LogP contribution in [0.3, 0.4) is 0 Å². The second-order valence-electron chi connectivity index (χ2n) is 7.05. The van der Waals surface area contributed by atoms with Gasteiger partial charge in [0.05, 0.1) is 0 Å². The van der Waals surface area contributed by atoms with Crippen LogP contribution in [-0.2, 0) is 19.6 Å². The molecule has 3 N–H and O–H groups in total. The van der Waals surface area contributed by atoms with Gasteiger partial charge < -0.3 is 19.9 Å². The van der Waals surface area contributed by atoms with Crippen molar-refractivity contribution in [3.63, 3.8) is 0 Å². The molecule has 2 aromatic heterocycles. The quantitative estimate of drug-likeness (QED) is 0.600. The Labute approximate surface area is 160 Å². The number of H-pyrrole nitrogens is 1. The topological polar surface area (TPSA) is 118 Å². The molecule has 1 aromatic carbocycles. The van der Waals surface area contributed by atoms with Gasteiger partial charge in [-0.05, 0) is 37.1 Å². The van der Waals surface area contributed by atoms with E-state index in [9.17, 15) is 4.79 Å². The van der Waals surface area contributed by atoms with Crippen LogP contribution in [0.4, 0.5) is 5.69 Å². The van der Waals surface area contributed by atoms with E-state index in [1.807, 2.05) is 0 Å². The van der Waals surface area contributed by atoms with Crippen molar-refractivity contribution in [3.8, 4) is 5.75 Å². The summed E-state index contributed by atoms with van der Waals surface area (Å²) in [6, 6.07) is 7.16. The van der Waals surface area contributed by atoms with Gasteiger partial charge in [0, 0.05) is 42.4 Å². The van der Waals surface area contributed by atoms with Gasteiger partial charge in [0.1, 0.15) is 5.75 Å². The Morgan fingerprint density at radius 3 is 2.96 bits per heavy atom. The number of aromatic nitrogens is 4. The zero-order chi connectivity index (χ0) is 18.9. The summed E-state index contributed by atoms with van der Waals surface area (Å²) in [7, 11) is 0. The Hall–Kier alpha value is -3.20. The molecule has 3 aromatic rings. The number of fused-ring (bicyclic) bond motifs is 1. The fourth-order valence-electron chi connectivity index (χ4n) is 3.21. The summed E-state index contributed by atoms with van der Waals surface area (Å²) < 4.78 is 10.9. The summed E-state index contributed by atoms with van der Waals surface area (Å²) in [6.07, 6.45) is 3.09. The molecule has 0 atom stereocenters. The van der Waals surface area contributed by atoms with Crippen molar-refractivity contribution < 1.29 is 14.1 Å². The van der Waals surface area contributed by atoms with Gasteiger partial charge in [0.2, 0.25) is 11.7 Å². The fraction of sp³-hybridized carbons (Fsp3) is 0.368. The number of nitrogens with one attached hydrogen (secondary N) is 3. The Morgan fingerprint density at radius 1 is 1.29 bits per heavy atom. The van der Waals surface area contributed by atoms with E-state index >= 15 is 0 Å². The van der Waals surface area contributed by atoms with E-state index < -0.39 is 0 Å². The standard InChI is InChI=1S/C19H20N6O3/c26-18(17-14-9-20-8-7-15(14)23-24-17)21-12-3-5-13(6-4-12)27-10-16-22-19(28-25-16)11-1-2-11/h3-6,11,20H,1-2,7-10H2,(H,21,26)(H,23,24). The van der Waals surface area contributed by atoms with Gasteiger partial charge in [-0.3, -0.25) is 9.89 Å². The van der Waals surface area contributed by atoms with Crippen molar-refractivity contribution in [1.82, 2.24) is 25.7 Å². The number of rotatable bonds is 6. The molecule has 0 bridgehead atoms. The number of amides is 1. The summed E-state index contributed by atoms with van der Waals surface area (Å²) >= 11 is 0. The van der Waals surface area contributed by atoms with Crippen molar-refractivity contribution >= 4 is 11.6 Å². The van der Waals surface area contributed by atoms with Crippen LogP contribution < -0.4 is 15.4 Å². The molecule has 9 nitrogen and oxygen atoms in total. The van der Waals surface area contributed by atoms with Crippen LogP contribution in [0.25, 0.3) is 0 Å². The smallest absolute Gasteiger partial charge is 0.276 e. The fourth-order valence-corrected chi connectivity index (χ4v) is 3.21. The largest absolute Gasteiger partial charge is 0.485 e. The summed E-state index contributed by atoms with van der Waals surface area (Å²) in [5, 5.41) is 17.2. The van der Waals surface area contributed by atoms with Crippen LogP contribution in [-0.4, -0.2) is 32.8 Å². The molecule has 1 amide bonds. The maximum atomic E-state index is 12.5. The molecule has 5 rings (SSSR count). The van der Waals surface area contributed by atoms with E-state index in [-0.39, 0.29) is 12.5 Å². The lowest BCUT2D eigenvalue weighted by Crippen LogP contribution is -2.25. The van der Waals surface area contributed by atoms with E-state index in [0.717, 1.165) is 37.1 Å². The zero-order valence-electron chi connectivity index (χ0n) is 15.2. The van der Waals surface area contributed by atoms with Gasteiger partial charge in [-0.1, -0.05) is 5.16 Å². The highest BCUT2D eigenvalue weighted by Gasteiger charge is 2.29. The second-order valence-corrected chi connectivity index (χ2v) is 7.05. The lowest BCUT2D eigenvalue weighted by Gasteiger charge is -2.13. The van der Waals surface area contributed by atoms with Crippen molar-refractivity contribution in [2.24, 2.45) is 0 Å². The van der Waals surface area contributed by atoms with Gasteiger partial charge in [-0.2, -0.15) is 10.1 Å². The highest BCUT2D eigenvalue weighted by molar-refractivity contribution is 6.04. The number of nitrogens with zero attached hydrogens (tertiary/aromatic N) is 3. The predicted molar refractivity (Wildman–Crippen MR) is 99.0 cm³/mol. The van der Waals surface area contributed by atoms with E-state index in [1.54, 1.807) is 24.3 Å². The first kappa shape index (κ1) is 16.9. The maximum absolute atomic E-state index is 12.5. The van der Waals surface area contributed by atoms with Crippen molar-refractivity contribution in [2.75, 3.05) is 11.9 Å². The lowest BCUT2D eigenvalue weighted by molar-refractivity contribution is 0.102. The molecule has 1 aliphatic heterocycles. The molecular formula is C19H20N6O3. The van der Waals surface area contributed by atoms with Gasteiger partial charge in [-0.25, -0.2) is 0 Å². The molecule has 0 spiro atoms. The maximum Gasteiger partial charge on any atom is 0.276 e. The molecule has 9 heteroatoms. The minimum atomic E-state index is -0.228. The van der Waals surface area contributed by atoms with E-state index in [1.165, 1.54) is 0 Å². The SMILES string of the molecule is O=C(Nc1ccc(OCc2noc(C3CC3)n2)cc1)c1n[nH]c2c1CNCC2. The van der Waals surface area contributed by atoms with Crippen LogP contribution in [0.15, 0.2) is 28.8 Å². The monoisotopic (exact) mass is 380 g/mol. The molecule has 0 radical (unpaired) electrons. The second kappa shape index (κ2) is 7.08. The third-order valence-corrected chi connectivity index (χ3v) is 4.91. The Morgan fingerprint density at radius 2 is 2.14 bits per heavy atom. The minimum absolute atomic E-state index is 0.228. The minimum Gasteiger partial charge on any atom is -0.485 e. The number of ether oxygens (including phenoxy) is 1. The number of carbonyl (C=O) groups excluding carboxylic acids is 1. The summed E-state index contributed by atoms with van der Waals surface area (Å²) in [4.78, 5) is 16.9. The average molecular weight is 380 g/mol. The number of hydrogen-bond acceptors (Lipinski definition) is 7. The molecule has 1 saturated carbocycles. The Kier molecular flexibility index (Phi) is 4.28. The number of benzene rings is 1. The summed E-state index contributed by atoms with van der Waals surface area (Å²) in [5.41, 5.74) is 3.08. The number of aromatic amines is 1. The number of hydrogen-bond donors (Lipinski definition) is 3. The van der Waals surface area contributed by atoms with E-state index in [0.29, 0.717) is 41.3 Å². The molecule has 1 aliphatic carbocycles. The molecule has 144 valence electrons. The van der Waals surface area contributed by atoms with Crippen LogP contribution in [0, 0.1) is 0 Å². The van der Waals surface area contributed by atoms with Crippen molar-refractivity contribution in [1.29, 1.82) is 0 Å². The van der Waals surface area contributed by atoms with E-state index in [4.69, 9.17) is 9.26 Å². The molecular weight excluding hydrogens is 360 g/mol. The molecule has 2 aliphatic rings. The van der Waals surface area contributed by atoms with Gasteiger partial charge in [-0.15, -0.1) is 0 Å². The predicted octanol–water partition coefficient (Wildman–Crippen LogP) is 2.15. The average Bonchev–Trinajstić information content (AvgIpc) is 3.30. The van der Waals surface area contributed by atoms with Crippen molar-refractivity contribution in [2.45, 2.75) is 38.3 Å². The lowest BCUT2D eigenvalue weighted by atomic mass is 10.1. The first-order chi connectivity index (χ1) is 13.8. The third kappa shape index (κ3) is 3.48. The molecule has 28 heavy (non-hydrogen) atoms. The molecule has 3 heterocycles. The Balaban J connectivity index is 1.19. The normalized spacial score (nSPS) is 15.9.